The molecule has 2 amide bonds. The Labute approximate surface area is 199 Å². The van der Waals surface area contributed by atoms with Crippen LogP contribution in [0, 0.1) is 5.92 Å². The largest absolute Gasteiger partial charge is 0.491 e. The van der Waals surface area contributed by atoms with Crippen LogP contribution in [0.5, 0.6) is 5.75 Å². The SMILES string of the molecule is CCC(=O)Nc1ccc2c(c1)OC[C@H](C)N(Cc1nccs1)C[C@@H](C)[C@@H](OC)CN(C)C2=O. The van der Waals surface area contributed by atoms with Crippen molar-refractivity contribution in [3.8, 4) is 5.75 Å². The number of carbonyl (C=O) groups excluding carboxylic acids is 2. The Hall–Kier alpha value is -2.49. The molecule has 0 unspecified atom stereocenters. The number of carbonyl (C=O) groups is 2. The maximum atomic E-state index is 13.3. The van der Waals surface area contributed by atoms with Gasteiger partial charge in [0.15, 0.2) is 0 Å². The average molecular weight is 475 g/mol. The summed E-state index contributed by atoms with van der Waals surface area (Å²) in [6.07, 6.45) is 2.08. The minimum absolute atomic E-state index is 0.0721. The Morgan fingerprint density at radius 3 is 2.79 bits per heavy atom. The molecule has 1 N–H and O–H groups in total. The Balaban J connectivity index is 1.93. The van der Waals surface area contributed by atoms with E-state index in [1.54, 1.807) is 55.5 Å². The second-order valence-corrected chi connectivity index (χ2v) is 9.54. The van der Waals surface area contributed by atoms with E-state index < -0.39 is 0 Å². The molecular weight excluding hydrogens is 440 g/mol. The average Bonchev–Trinajstić information content (AvgIpc) is 3.32. The lowest BCUT2D eigenvalue weighted by Crippen LogP contribution is -2.46. The zero-order valence-electron chi connectivity index (χ0n) is 20.0. The molecule has 8 nitrogen and oxygen atoms in total. The summed E-state index contributed by atoms with van der Waals surface area (Å²) in [5.74, 6) is 0.425. The van der Waals surface area contributed by atoms with Gasteiger partial charge in [0.2, 0.25) is 5.91 Å². The van der Waals surface area contributed by atoms with Gasteiger partial charge in [-0.1, -0.05) is 13.8 Å². The number of rotatable bonds is 5. The lowest BCUT2D eigenvalue weighted by atomic mass is 10.0. The molecule has 2 aromatic rings. The predicted molar refractivity (Wildman–Crippen MR) is 130 cm³/mol. The number of fused-ring (bicyclic) bond motifs is 1. The van der Waals surface area contributed by atoms with Gasteiger partial charge in [0.05, 0.1) is 18.2 Å². The molecule has 0 radical (unpaired) electrons. The van der Waals surface area contributed by atoms with Crippen LogP contribution in [0.25, 0.3) is 0 Å². The van der Waals surface area contributed by atoms with Crippen LogP contribution in [0.1, 0.15) is 42.6 Å². The number of anilines is 1. The minimum atomic E-state index is -0.138. The van der Waals surface area contributed by atoms with Crippen LogP contribution in [-0.2, 0) is 16.1 Å². The number of nitrogens with zero attached hydrogens (tertiary/aromatic N) is 3. The highest BCUT2D eigenvalue weighted by molar-refractivity contribution is 7.09. The van der Waals surface area contributed by atoms with Crippen LogP contribution >= 0.6 is 11.3 Å². The number of likely N-dealkylation sites (N-methyl/N-ethyl adjacent to an activating group) is 1. The van der Waals surface area contributed by atoms with E-state index >= 15 is 0 Å². The van der Waals surface area contributed by atoms with Crippen molar-refractivity contribution in [3.05, 3.63) is 40.3 Å². The van der Waals surface area contributed by atoms with Crippen LogP contribution in [0.2, 0.25) is 0 Å². The van der Waals surface area contributed by atoms with Gasteiger partial charge in [-0.05, 0) is 25.0 Å². The van der Waals surface area contributed by atoms with Crippen LogP contribution in [-0.4, -0.2) is 72.6 Å². The summed E-state index contributed by atoms with van der Waals surface area (Å²) >= 11 is 1.64. The summed E-state index contributed by atoms with van der Waals surface area (Å²) < 4.78 is 12.0. The van der Waals surface area contributed by atoms with Gasteiger partial charge in [-0.2, -0.15) is 0 Å². The third-order valence-electron chi connectivity index (χ3n) is 6.00. The summed E-state index contributed by atoms with van der Waals surface area (Å²) in [5, 5.41) is 5.88. The molecule has 3 atom stereocenters. The summed E-state index contributed by atoms with van der Waals surface area (Å²) in [4.78, 5) is 33.6. The number of hydrogen-bond donors (Lipinski definition) is 1. The fourth-order valence-corrected chi connectivity index (χ4v) is 4.54. The lowest BCUT2D eigenvalue weighted by molar-refractivity contribution is -0.115. The van der Waals surface area contributed by atoms with Crippen molar-refractivity contribution in [2.24, 2.45) is 5.92 Å². The normalized spacial score (nSPS) is 22.6. The summed E-state index contributed by atoms with van der Waals surface area (Å²) in [5.41, 5.74) is 1.08. The van der Waals surface area contributed by atoms with Crippen LogP contribution in [0.4, 0.5) is 5.69 Å². The van der Waals surface area contributed by atoms with Gasteiger partial charge in [-0.15, -0.1) is 11.3 Å². The summed E-state index contributed by atoms with van der Waals surface area (Å²) in [6, 6.07) is 5.26. The number of amides is 2. The quantitative estimate of drug-likeness (QED) is 0.714. The van der Waals surface area contributed by atoms with E-state index in [2.05, 4.69) is 29.0 Å². The van der Waals surface area contributed by atoms with Gasteiger partial charge >= 0.3 is 0 Å². The van der Waals surface area contributed by atoms with E-state index in [0.29, 0.717) is 36.6 Å². The molecule has 9 heteroatoms. The maximum absolute atomic E-state index is 13.3. The van der Waals surface area contributed by atoms with Crippen molar-refractivity contribution in [1.29, 1.82) is 0 Å². The molecule has 0 fully saturated rings. The summed E-state index contributed by atoms with van der Waals surface area (Å²) in [6.45, 7) is 8.42. The molecule has 0 saturated heterocycles. The van der Waals surface area contributed by atoms with E-state index in [1.807, 2.05) is 11.6 Å². The van der Waals surface area contributed by atoms with E-state index in [1.165, 1.54) is 0 Å². The van der Waals surface area contributed by atoms with Crippen molar-refractivity contribution in [2.75, 3.05) is 39.2 Å². The Morgan fingerprint density at radius 2 is 2.12 bits per heavy atom. The third-order valence-corrected chi connectivity index (χ3v) is 6.77. The number of aromatic nitrogens is 1. The van der Waals surface area contributed by atoms with Crippen molar-refractivity contribution in [1.82, 2.24) is 14.8 Å². The van der Waals surface area contributed by atoms with E-state index in [9.17, 15) is 9.59 Å². The molecule has 1 aliphatic heterocycles. The van der Waals surface area contributed by atoms with Gasteiger partial charge < -0.3 is 19.7 Å². The van der Waals surface area contributed by atoms with E-state index in [4.69, 9.17) is 9.47 Å². The van der Waals surface area contributed by atoms with Crippen molar-refractivity contribution in [2.45, 2.75) is 45.9 Å². The molecule has 0 aliphatic carbocycles. The third kappa shape index (κ3) is 6.52. The first kappa shape index (κ1) is 25.1. The highest BCUT2D eigenvalue weighted by Crippen LogP contribution is 2.27. The van der Waals surface area contributed by atoms with E-state index in [0.717, 1.165) is 18.1 Å². The van der Waals surface area contributed by atoms with Crippen LogP contribution in [0.3, 0.4) is 0 Å². The van der Waals surface area contributed by atoms with Crippen molar-refractivity contribution in [3.63, 3.8) is 0 Å². The highest BCUT2D eigenvalue weighted by atomic mass is 32.1. The lowest BCUT2D eigenvalue weighted by Gasteiger charge is -2.35. The molecule has 0 spiro atoms. The van der Waals surface area contributed by atoms with Gasteiger partial charge in [0, 0.05) is 63.0 Å². The molecule has 0 saturated carbocycles. The molecule has 3 rings (SSSR count). The van der Waals surface area contributed by atoms with Crippen molar-refractivity contribution >= 4 is 28.8 Å². The summed E-state index contributed by atoms with van der Waals surface area (Å²) in [7, 11) is 3.47. The molecule has 180 valence electrons. The van der Waals surface area contributed by atoms with Gasteiger partial charge in [-0.25, -0.2) is 4.98 Å². The molecule has 2 heterocycles. The minimum Gasteiger partial charge on any atom is -0.491 e. The second kappa shape index (κ2) is 11.6. The van der Waals surface area contributed by atoms with Crippen molar-refractivity contribution < 1.29 is 19.1 Å². The first-order valence-corrected chi connectivity index (χ1v) is 12.2. The number of nitrogens with one attached hydrogen (secondary N) is 1. The van der Waals surface area contributed by atoms with Gasteiger partial charge in [0.25, 0.3) is 5.91 Å². The molecular formula is C24H34N4O4S. The first-order valence-electron chi connectivity index (χ1n) is 11.3. The monoisotopic (exact) mass is 474 g/mol. The zero-order valence-corrected chi connectivity index (χ0v) is 20.9. The molecule has 1 aliphatic rings. The Kier molecular flexibility index (Phi) is 8.82. The number of thiazole rings is 1. The van der Waals surface area contributed by atoms with Crippen LogP contribution < -0.4 is 10.1 Å². The maximum Gasteiger partial charge on any atom is 0.257 e. The molecule has 1 aromatic carbocycles. The number of hydrogen-bond acceptors (Lipinski definition) is 7. The number of ether oxygens (including phenoxy) is 2. The number of benzene rings is 1. The topological polar surface area (TPSA) is 84.0 Å². The molecule has 0 bridgehead atoms. The van der Waals surface area contributed by atoms with Crippen LogP contribution in [0.15, 0.2) is 29.8 Å². The standard InChI is InChI=1S/C24H34N4O4S/c1-6-22(29)26-18-7-8-19-20(11-18)32-15-17(3)28(14-23-25-9-10-33-23)12-16(2)21(31-5)13-27(4)24(19)30/h7-11,16-17,21H,6,12-15H2,1-5H3,(H,26,29)/t16-,17+,21+/m1/s1. The fraction of sp³-hybridized carbons (Fsp3) is 0.542. The Bertz CT molecular complexity index is 937. The van der Waals surface area contributed by atoms with Gasteiger partial charge in [-0.3, -0.25) is 14.5 Å². The van der Waals surface area contributed by atoms with E-state index in [-0.39, 0.29) is 29.9 Å². The van der Waals surface area contributed by atoms with Gasteiger partial charge in [0.1, 0.15) is 17.4 Å². The fourth-order valence-electron chi connectivity index (χ4n) is 3.90. The zero-order chi connectivity index (χ0) is 24.0. The number of methoxy groups -OCH3 is 1. The first-order chi connectivity index (χ1) is 15.8. The molecule has 1 aromatic heterocycles. The highest BCUT2D eigenvalue weighted by Gasteiger charge is 2.28. The Morgan fingerprint density at radius 1 is 1.33 bits per heavy atom. The smallest absolute Gasteiger partial charge is 0.257 e. The predicted octanol–water partition coefficient (Wildman–Crippen LogP) is 3.50. The second-order valence-electron chi connectivity index (χ2n) is 8.57. The molecule has 33 heavy (non-hydrogen) atoms.